The average molecular weight is 307 g/mol. The highest BCUT2D eigenvalue weighted by Gasteiger charge is 2.08. The van der Waals surface area contributed by atoms with Crippen LogP contribution in [0.2, 0.25) is 5.28 Å². The van der Waals surface area contributed by atoms with Gasteiger partial charge in [0.25, 0.3) is 0 Å². The minimum Gasteiger partial charge on any atom is -0.340 e. The van der Waals surface area contributed by atoms with Gasteiger partial charge < -0.3 is 5.32 Å². The molecule has 0 bridgehead atoms. The van der Waals surface area contributed by atoms with Gasteiger partial charge >= 0.3 is 0 Å². The van der Waals surface area contributed by atoms with Gasteiger partial charge in [-0.1, -0.05) is 0 Å². The van der Waals surface area contributed by atoms with Crippen LogP contribution in [0, 0.1) is 5.82 Å². The standard InChI is InChI=1S/C13H8ClFN4S/c14-13-16-4-3-12(19-13)18-8-1-2-9(10(15)5-8)11-6-20-7-17-11/h1-7H,(H,16,18,19). The maximum Gasteiger partial charge on any atom is 0.224 e. The van der Waals surface area contributed by atoms with Crippen LogP contribution in [-0.4, -0.2) is 15.0 Å². The number of benzene rings is 1. The Hall–Kier alpha value is -2.05. The molecule has 0 unspecified atom stereocenters. The van der Waals surface area contributed by atoms with Crippen LogP contribution in [0.5, 0.6) is 0 Å². The molecular weight excluding hydrogens is 299 g/mol. The van der Waals surface area contributed by atoms with E-state index in [1.54, 1.807) is 29.1 Å². The van der Waals surface area contributed by atoms with E-state index in [0.29, 0.717) is 22.8 Å². The lowest BCUT2D eigenvalue weighted by molar-refractivity contribution is 0.631. The van der Waals surface area contributed by atoms with Gasteiger partial charge in [-0.15, -0.1) is 11.3 Å². The fraction of sp³-hybridized carbons (Fsp3) is 0. The van der Waals surface area contributed by atoms with Crippen LogP contribution in [0.4, 0.5) is 15.9 Å². The summed E-state index contributed by atoms with van der Waals surface area (Å²) in [5, 5.41) is 4.90. The third-order valence-corrected chi connectivity index (χ3v) is 3.34. The first kappa shape index (κ1) is 13.0. The highest BCUT2D eigenvalue weighted by atomic mass is 35.5. The quantitative estimate of drug-likeness (QED) is 0.739. The Morgan fingerprint density at radius 1 is 1.20 bits per heavy atom. The summed E-state index contributed by atoms with van der Waals surface area (Å²) in [5.74, 6) is 0.159. The normalized spacial score (nSPS) is 10.5. The molecule has 0 saturated carbocycles. The van der Waals surface area contributed by atoms with Gasteiger partial charge in [-0.3, -0.25) is 0 Å². The molecule has 100 valence electrons. The molecule has 4 nitrogen and oxygen atoms in total. The van der Waals surface area contributed by atoms with Crippen molar-refractivity contribution in [3.05, 3.63) is 52.5 Å². The molecule has 0 saturated heterocycles. The highest BCUT2D eigenvalue weighted by molar-refractivity contribution is 7.07. The van der Waals surface area contributed by atoms with Crippen LogP contribution in [0.3, 0.4) is 0 Å². The molecule has 0 atom stereocenters. The van der Waals surface area contributed by atoms with Crippen LogP contribution in [0.15, 0.2) is 41.4 Å². The Bertz CT molecular complexity index is 733. The number of thiazole rings is 1. The molecule has 0 aliphatic carbocycles. The summed E-state index contributed by atoms with van der Waals surface area (Å²) >= 11 is 7.12. The van der Waals surface area contributed by atoms with Crippen LogP contribution in [-0.2, 0) is 0 Å². The van der Waals surface area contributed by atoms with Crippen molar-refractivity contribution in [1.82, 2.24) is 15.0 Å². The number of rotatable bonds is 3. The summed E-state index contributed by atoms with van der Waals surface area (Å²) < 4.78 is 14.1. The molecule has 2 heterocycles. The van der Waals surface area contributed by atoms with Crippen molar-refractivity contribution in [2.45, 2.75) is 0 Å². The molecule has 0 aliphatic rings. The predicted molar refractivity (Wildman–Crippen MR) is 77.8 cm³/mol. The molecular formula is C13H8ClFN4S. The molecule has 1 N–H and O–H groups in total. The lowest BCUT2D eigenvalue weighted by atomic mass is 10.1. The van der Waals surface area contributed by atoms with Gasteiger partial charge in [0.2, 0.25) is 5.28 Å². The minimum atomic E-state index is -0.346. The topological polar surface area (TPSA) is 50.7 Å². The van der Waals surface area contributed by atoms with E-state index in [9.17, 15) is 4.39 Å². The molecule has 3 rings (SSSR count). The molecule has 0 spiro atoms. The fourth-order valence-corrected chi connectivity index (χ4v) is 2.40. The van der Waals surface area contributed by atoms with Crippen LogP contribution >= 0.6 is 22.9 Å². The Kier molecular flexibility index (Phi) is 3.58. The second-order valence-corrected chi connectivity index (χ2v) is 4.96. The minimum absolute atomic E-state index is 0.134. The van der Waals surface area contributed by atoms with Crippen LogP contribution in [0.1, 0.15) is 0 Å². The Balaban J connectivity index is 1.87. The van der Waals surface area contributed by atoms with Crippen LogP contribution < -0.4 is 5.32 Å². The SMILES string of the molecule is Fc1cc(Nc2ccnc(Cl)n2)ccc1-c1cscn1. The van der Waals surface area contributed by atoms with E-state index in [4.69, 9.17) is 11.6 Å². The van der Waals surface area contributed by atoms with Gasteiger partial charge in [-0.25, -0.2) is 19.3 Å². The summed E-state index contributed by atoms with van der Waals surface area (Å²) in [6.45, 7) is 0. The van der Waals surface area contributed by atoms with Crippen molar-refractivity contribution >= 4 is 34.4 Å². The van der Waals surface area contributed by atoms with Crippen molar-refractivity contribution in [2.24, 2.45) is 0 Å². The Morgan fingerprint density at radius 3 is 2.80 bits per heavy atom. The second-order valence-electron chi connectivity index (χ2n) is 3.90. The maximum absolute atomic E-state index is 14.1. The molecule has 20 heavy (non-hydrogen) atoms. The third-order valence-electron chi connectivity index (χ3n) is 2.58. The van der Waals surface area contributed by atoms with Gasteiger partial charge in [0, 0.05) is 22.8 Å². The maximum atomic E-state index is 14.1. The van der Waals surface area contributed by atoms with E-state index in [-0.39, 0.29) is 11.1 Å². The zero-order chi connectivity index (χ0) is 13.9. The summed E-state index contributed by atoms with van der Waals surface area (Å²) in [6.07, 6.45) is 1.53. The van der Waals surface area contributed by atoms with Gasteiger partial charge in [0.1, 0.15) is 11.6 Å². The number of nitrogens with one attached hydrogen (secondary N) is 1. The molecule has 3 aromatic rings. The number of hydrogen-bond acceptors (Lipinski definition) is 5. The number of nitrogens with zero attached hydrogens (tertiary/aromatic N) is 3. The monoisotopic (exact) mass is 306 g/mol. The Morgan fingerprint density at radius 2 is 2.10 bits per heavy atom. The summed E-state index contributed by atoms with van der Waals surface area (Å²) in [6, 6.07) is 6.48. The van der Waals surface area contributed by atoms with E-state index < -0.39 is 0 Å². The first-order chi connectivity index (χ1) is 9.72. The molecule has 2 aromatic heterocycles. The zero-order valence-electron chi connectivity index (χ0n) is 10.0. The van der Waals surface area contributed by atoms with Crippen molar-refractivity contribution in [2.75, 3.05) is 5.32 Å². The molecule has 0 radical (unpaired) electrons. The largest absolute Gasteiger partial charge is 0.340 e. The highest BCUT2D eigenvalue weighted by Crippen LogP contribution is 2.26. The molecule has 0 fully saturated rings. The zero-order valence-corrected chi connectivity index (χ0v) is 11.6. The van der Waals surface area contributed by atoms with Gasteiger partial charge in [-0.2, -0.15) is 0 Å². The fourth-order valence-electron chi connectivity index (χ4n) is 1.70. The molecule has 0 aliphatic heterocycles. The van der Waals surface area contributed by atoms with Crippen LogP contribution in [0.25, 0.3) is 11.3 Å². The van der Waals surface area contributed by atoms with Crippen molar-refractivity contribution in [3.63, 3.8) is 0 Å². The predicted octanol–water partition coefficient (Wildman–Crippen LogP) is 4.14. The van der Waals surface area contributed by atoms with E-state index >= 15 is 0 Å². The summed E-state index contributed by atoms with van der Waals surface area (Å²) in [4.78, 5) is 11.9. The molecule has 1 aromatic carbocycles. The Labute approximate surface area is 123 Å². The molecule has 7 heteroatoms. The first-order valence-corrected chi connectivity index (χ1v) is 6.98. The average Bonchev–Trinajstić information content (AvgIpc) is 2.92. The lowest BCUT2D eigenvalue weighted by Crippen LogP contribution is -1.96. The van der Waals surface area contributed by atoms with Crippen molar-refractivity contribution < 1.29 is 4.39 Å². The van der Waals surface area contributed by atoms with E-state index in [2.05, 4.69) is 20.3 Å². The number of aromatic nitrogens is 3. The third kappa shape index (κ3) is 2.76. The second kappa shape index (κ2) is 5.52. The van der Waals surface area contributed by atoms with E-state index in [1.165, 1.54) is 23.6 Å². The number of anilines is 2. The smallest absolute Gasteiger partial charge is 0.224 e. The van der Waals surface area contributed by atoms with Gasteiger partial charge in [0.15, 0.2) is 0 Å². The summed E-state index contributed by atoms with van der Waals surface area (Å²) in [7, 11) is 0. The number of halogens is 2. The van der Waals surface area contributed by atoms with E-state index in [1.807, 2.05) is 0 Å². The van der Waals surface area contributed by atoms with Gasteiger partial charge in [0.05, 0.1) is 11.2 Å². The molecule has 0 amide bonds. The lowest BCUT2D eigenvalue weighted by Gasteiger charge is -2.07. The van der Waals surface area contributed by atoms with Crippen molar-refractivity contribution in [3.8, 4) is 11.3 Å². The summed E-state index contributed by atoms with van der Waals surface area (Å²) in [5.41, 5.74) is 3.35. The van der Waals surface area contributed by atoms with Crippen molar-refractivity contribution in [1.29, 1.82) is 0 Å². The number of hydrogen-bond donors (Lipinski definition) is 1. The van der Waals surface area contributed by atoms with E-state index in [0.717, 1.165) is 0 Å². The van der Waals surface area contributed by atoms with Gasteiger partial charge in [-0.05, 0) is 35.9 Å². The first-order valence-electron chi connectivity index (χ1n) is 5.66.